The number of ether oxygens (including phenoxy) is 1. The van der Waals surface area contributed by atoms with Crippen molar-refractivity contribution in [3.63, 3.8) is 0 Å². The highest BCUT2D eigenvalue weighted by Gasteiger charge is 2.15. The Labute approximate surface area is 153 Å². The van der Waals surface area contributed by atoms with Gasteiger partial charge in [0, 0.05) is 6.42 Å². The second-order valence-electron chi connectivity index (χ2n) is 7.32. The Kier molecular flexibility index (Phi) is 8.79. The maximum atomic E-state index is 11.5. The number of benzene rings is 1. The van der Waals surface area contributed by atoms with Gasteiger partial charge in [0.2, 0.25) is 0 Å². The molecule has 0 radical (unpaired) electrons. The molecule has 1 unspecified atom stereocenters. The summed E-state index contributed by atoms with van der Waals surface area (Å²) in [6.07, 6.45) is 15.7. The van der Waals surface area contributed by atoms with Gasteiger partial charge >= 0.3 is 5.97 Å². The van der Waals surface area contributed by atoms with Gasteiger partial charge in [-0.05, 0) is 54.9 Å². The molecule has 0 aromatic heterocycles. The minimum atomic E-state index is -0.145. The quantitative estimate of drug-likeness (QED) is 0.261. The second-order valence-corrected chi connectivity index (χ2v) is 7.32. The molecule has 1 aromatic rings. The average molecular weight is 343 g/mol. The van der Waals surface area contributed by atoms with E-state index in [9.17, 15) is 4.79 Å². The summed E-state index contributed by atoms with van der Waals surface area (Å²) < 4.78 is 5.33. The number of allylic oxidation sites excluding steroid dienone is 2. The Morgan fingerprint density at radius 3 is 2.44 bits per heavy atom. The topological polar surface area (TPSA) is 26.3 Å². The molecular weight excluding hydrogens is 308 g/mol. The van der Waals surface area contributed by atoms with Gasteiger partial charge in [0.1, 0.15) is 5.75 Å². The summed E-state index contributed by atoms with van der Waals surface area (Å²) in [6, 6.07) is 8.02. The van der Waals surface area contributed by atoms with Crippen LogP contribution < -0.4 is 4.74 Å². The zero-order chi connectivity index (χ0) is 17.9. The molecular formula is C23H34O2. The first kappa shape index (κ1) is 19.8. The number of carbonyl (C=O) groups excluding carboxylic acids is 1. The summed E-state index contributed by atoms with van der Waals surface area (Å²) in [7, 11) is 0. The summed E-state index contributed by atoms with van der Waals surface area (Å²) in [6.45, 7) is 4.26. The van der Waals surface area contributed by atoms with Crippen LogP contribution in [-0.2, 0) is 4.79 Å². The molecule has 0 heterocycles. The van der Waals surface area contributed by atoms with Gasteiger partial charge in [-0.1, -0.05) is 70.6 Å². The molecule has 2 nitrogen and oxygen atoms in total. The largest absolute Gasteiger partial charge is 0.427 e. The molecule has 0 saturated heterocycles. The van der Waals surface area contributed by atoms with E-state index in [1.807, 2.05) is 19.1 Å². The van der Waals surface area contributed by atoms with Gasteiger partial charge in [-0.25, -0.2) is 0 Å². The number of esters is 1. The van der Waals surface area contributed by atoms with Crippen molar-refractivity contribution >= 4 is 11.5 Å². The van der Waals surface area contributed by atoms with Crippen LogP contribution in [0.2, 0.25) is 0 Å². The van der Waals surface area contributed by atoms with Crippen molar-refractivity contribution in [2.24, 2.45) is 5.92 Å². The van der Waals surface area contributed by atoms with Crippen LogP contribution in [0.5, 0.6) is 5.75 Å². The van der Waals surface area contributed by atoms with E-state index in [2.05, 4.69) is 25.1 Å². The Morgan fingerprint density at radius 1 is 1.04 bits per heavy atom. The SMILES string of the molecule is CCCCCCCC1CC=C(c2ccc(OC(=O)CCC)cc2)CC1. The maximum Gasteiger partial charge on any atom is 0.311 e. The summed E-state index contributed by atoms with van der Waals surface area (Å²) in [5.41, 5.74) is 2.73. The Balaban J connectivity index is 1.77. The molecule has 0 aliphatic heterocycles. The lowest BCUT2D eigenvalue weighted by atomic mass is 9.84. The predicted molar refractivity (Wildman–Crippen MR) is 106 cm³/mol. The third-order valence-electron chi connectivity index (χ3n) is 5.15. The Hall–Kier alpha value is -1.57. The fourth-order valence-electron chi connectivity index (χ4n) is 3.57. The molecule has 138 valence electrons. The van der Waals surface area contributed by atoms with Gasteiger partial charge in [-0.2, -0.15) is 0 Å². The van der Waals surface area contributed by atoms with E-state index >= 15 is 0 Å². The standard InChI is InChI=1S/C23H34O2/c1-3-5-6-7-8-10-19-11-13-20(14-12-19)21-15-17-22(18-16-21)25-23(24)9-4-2/h13,15-19H,3-12,14H2,1-2H3. The van der Waals surface area contributed by atoms with Crippen molar-refractivity contribution in [1.29, 1.82) is 0 Å². The molecule has 1 aliphatic carbocycles. The molecule has 2 heteroatoms. The summed E-state index contributed by atoms with van der Waals surface area (Å²) in [4.78, 5) is 11.5. The highest BCUT2D eigenvalue weighted by molar-refractivity contribution is 5.73. The highest BCUT2D eigenvalue weighted by Crippen LogP contribution is 2.33. The minimum absolute atomic E-state index is 0.145. The molecule has 1 atom stereocenters. The van der Waals surface area contributed by atoms with Gasteiger partial charge < -0.3 is 4.74 Å². The van der Waals surface area contributed by atoms with Crippen molar-refractivity contribution < 1.29 is 9.53 Å². The fraction of sp³-hybridized carbons (Fsp3) is 0.609. The Bertz CT molecular complexity index is 542. The molecule has 0 N–H and O–H groups in total. The summed E-state index contributed by atoms with van der Waals surface area (Å²) in [5, 5.41) is 0. The molecule has 1 aliphatic rings. The van der Waals surface area contributed by atoms with Crippen LogP contribution in [0.4, 0.5) is 0 Å². The van der Waals surface area contributed by atoms with E-state index in [0.29, 0.717) is 12.2 Å². The van der Waals surface area contributed by atoms with E-state index in [4.69, 9.17) is 4.74 Å². The van der Waals surface area contributed by atoms with Gasteiger partial charge in [0.25, 0.3) is 0 Å². The lowest BCUT2D eigenvalue weighted by Crippen LogP contribution is -2.07. The molecule has 25 heavy (non-hydrogen) atoms. The summed E-state index contributed by atoms with van der Waals surface area (Å²) >= 11 is 0. The van der Waals surface area contributed by atoms with Gasteiger partial charge in [0.05, 0.1) is 0 Å². The van der Waals surface area contributed by atoms with Crippen molar-refractivity contribution in [1.82, 2.24) is 0 Å². The van der Waals surface area contributed by atoms with Gasteiger partial charge in [-0.15, -0.1) is 0 Å². The zero-order valence-electron chi connectivity index (χ0n) is 16.1. The van der Waals surface area contributed by atoms with Crippen LogP contribution in [0, 0.1) is 5.92 Å². The first-order chi connectivity index (χ1) is 12.2. The lowest BCUT2D eigenvalue weighted by Gasteiger charge is -2.22. The highest BCUT2D eigenvalue weighted by atomic mass is 16.5. The van der Waals surface area contributed by atoms with Crippen LogP contribution in [0.15, 0.2) is 30.3 Å². The van der Waals surface area contributed by atoms with E-state index in [1.165, 1.54) is 68.9 Å². The van der Waals surface area contributed by atoms with E-state index < -0.39 is 0 Å². The number of hydrogen-bond acceptors (Lipinski definition) is 2. The van der Waals surface area contributed by atoms with Crippen molar-refractivity contribution in [3.8, 4) is 5.75 Å². The molecule has 0 amide bonds. The lowest BCUT2D eigenvalue weighted by molar-refractivity contribution is -0.134. The normalized spacial score (nSPS) is 17.2. The fourth-order valence-corrected chi connectivity index (χ4v) is 3.57. The molecule has 0 bridgehead atoms. The van der Waals surface area contributed by atoms with E-state index in [1.54, 1.807) is 0 Å². The van der Waals surface area contributed by atoms with Gasteiger partial charge in [-0.3, -0.25) is 4.79 Å². The third kappa shape index (κ3) is 7.05. The third-order valence-corrected chi connectivity index (χ3v) is 5.15. The molecule has 2 rings (SSSR count). The molecule has 0 fully saturated rings. The van der Waals surface area contributed by atoms with E-state index in [-0.39, 0.29) is 5.97 Å². The average Bonchev–Trinajstić information content (AvgIpc) is 2.63. The monoisotopic (exact) mass is 342 g/mol. The minimum Gasteiger partial charge on any atom is -0.427 e. The number of hydrogen-bond donors (Lipinski definition) is 0. The number of carbonyl (C=O) groups is 1. The van der Waals surface area contributed by atoms with Crippen molar-refractivity contribution in [3.05, 3.63) is 35.9 Å². The first-order valence-corrected chi connectivity index (χ1v) is 10.2. The number of rotatable bonds is 10. The maximum absolute atomic E-state index is 11.5. The number of unbranched alkanes of at least 4 members (excludes halogenated alkanes) is 4. The summed E-state index contributed by atoms with van der Waals surface area (Å²) in [5.74, 6) is 1.39. The molecule has 0 spiro atoms. The van der Waals surface area contributed by atoms with Gasteiger partial charge in [0.15, 0.2) is 0 Å². The van der Waals surface area contributed by atoms with Crippen LogP contribution in [-0.4, -0.2) is 5.97 Å². The van der Waals surface area contributed by atoms with Crippen molar-refractivity contribution in [2.75, 3.05) is 0 Å². The first-order valence-electron chi connectivity index (χ1n) is 10.2. The smallest absolute Gasteiger partial charge is 0.311 e. The molecule has 0 saturated carbocycles. The van der Waals surface area contributed by atoms with Crippen LogP contribution in [0.3, 0.4) is 0 Å². The zero-order valence-corrected chi connectivity index (χ0v) is 16.1. The molecule has 1 aromatic carbocycles. The second kappa shape index (κ2) is 11.1. The van der Waals surface area contributed by atoms with Crippen LogP contribution >= 0.6 is 0 Å². The van der Waals surface area contributed by atoms with Crippen molar-refractivity contribution in [2.45, 2.75) is 84.5 Å². The van der Waals surface area contributed by atoms with E-state index in [0.717, 1.165) is 12.3 Å². The Morgan fingerprint density at radius 2 is 1.80 bits per heavy atom. The van der Waals surface area contributed by atoms with Crippen LogP contribution in [0.1, 0.15) is 90.0 Å². The van der Waals surface area contributed by atoms with Crippen LogP contribution in [0.25, 0.3) is 5.57 Å². The predicted octanol–water partition coefficient (Wildman–Crippen LogP) is 6.94.